The van der Waals surface area contributed by atoms with Gasteiger partial charge in [0.25, 0.3) is 0 Å². The zero-order valence-corrected chi connectivity index (χ0v) is 7.38. The first-order valence-corrected chi connectivity index (χ1v) is 4.13. The van der Waals surface area contributed by atoms with Crippen molar-refractivity contribution in [3.05, 3.63) is 33.8 Å². The molecule has 0 atom stereocenters. The normalized spacial score (nSPS) is 13.8. The molecule has 1 heterocycles. The second-order valence-corrected chi connectivity index (χ2v) is 3.20. The van der Waals surface area contributed by atoms with Crippen LogP contribution in [0.15, 0.2) is 23.2 Å². The average Bonchev–Trinajstić information content (AvgIpc) is 2.46. The van der Waals surface area contributed by atoms with Crippen LogP contribution in [-0.2, 0) is 4.79 Å². The molecule has 1 aliphatic heterocycles. The minimum absolute atomic E-state index is 0.241. The van der Waals surface area contributed by atoms with E-state index >= 15 is 0 Å². The molecule has 0 aromatic heterocycles. The summed E-state index contributed by atoms with van der Waals surface area (Å²) in [6.07, 6.45) is 0. The Labute approximate surface area is 79.0 Å². The van der Waals surface area contributed by atoms with E-state index in [2.05, 4.69) is 4.99 Å². The summed E-state index contributed by atoms with van der Waals surface area (Å²) in [5.41, 5.74) is 0.340. The highest BCUT2D eigenvalue weighted by molar-refractivity contribution is 6.30. The van der Waals surface area contributed by atoms with E-state index in [-0.39, 0.29) is 6.54 Å². The molecule has 3 nitrogen and oxygen atoms in total. The Morgan fingerprint density at radius 1 is 1.54 bits per heavy atom. The molecule has 0 spiro atoms. The maximum atomic E-state index is 10.7. The molecule has 13 heavy (non-hydrogen) atoms. The summed E-state index contributed by atoms with van der Waals surface area (Å²) < 4.78 is 0. The van der Waals surface area contributed by atoms with Crippen LogP contribution in [0.4, 0.5) is 0 Å². The van der Waals surface area contributed by atoms with Gasteiger partial charge >= 0.3 is 5.97 Å². The van der Waals surface area contributed by atoms with Gasteiger partial charge in [-0.05, 0) is 12.1 Å². The van der Waals surface area contributed by atoms with Crippen molar-refractivity contribution in [1.29, 1.82) is 0 Å². The van der Waals surface area contributed by atoms with Crippen LogP contribution in [-0.4, -0.2) is 17.6 Å². The zero-order chi connectivity index (χ0) is 9.42. The Bertz CT molecular complexity index is 493. The molecular weight excluding hydrogens is 190 g/mol. The molecule has 1 N–H and O–H groups in total. The number of rotatable bonds is 1. The molecule has 0 bridgehead atoms. The van der Waals surface area contributed by atoms with Crippen molar-refractivity contribution in [2.45, 2.75) is 0 Å². The molecule has 1 aromatic rings. The number of benzene rings is 1. The lowest BCUT2D eigenvalue weighted by atomic mass is 10.2. The SMILES string of the molecule is O=C(O)C1=c2ccc(Cl)cc2=NC1. The molecule has 0 radical (unpaired) electrons. The van der Waals surface area contributed by atoms with Crippen LogP contribution in [0.3, 0.4) is 0 Å². The molecule has 66 valence electrons. The summed E-state index contributed by atoms with van der Waals surface area (Å²) in [6, 6.07) is 5.04. The number of hydrogen-bond donors (Lipinski definition) is 1. The molecule has 0 aliphatic carbocycles. The summed E-state index contributed by atoms with van der Waals surface area (Å²) in [4.78, 5) is 14.8. The average molecular weight is 196 g/mol. The van der Waals surface area contributed by atoms with Gasteiger partial charge in [-0.15, -0.1) is 0 Å². The number of hydrogen-bond acceptors (Lipinski definition) is 2. The van der Waals surface area contributed by atoms with Gasteiger partial charge in [0, 0.05) is 10.2 Å². The molecular formula is C9H6ClNO2. The van der Waals surface area contributed by atoms with Gasteiger partial charge in [-0.3, -0.25) is 4.99 Å². The van der Waals surface area contributed by atoms with Crippen molar-refractivity contribution in [2.24, 2.45) is 4.99 Å². The van der Waals surface area contributed by atoms with Crippen LogP contribution in [0, 0.1) is 0 Å². The Hall–Kier alpha value is -1.35. The van der Waals surface area contributed by atoms with Crippen molar-refractivity contribution >= 4 is 23.1 Å². The van der Waals surface area contributed by atoms with Gasteiger partial charge in [0.2, 0.25) is 0 Å². The zero-order valence-electron chi connectivity index (χ0n) is 6.62. The van der Waals surface area contributed by atoms with E-state index in [0.717, 1.165) is 0 Å². The number of halogens is 1. The highest BCUT2D eigenvalue weighted by Crippen LogP contribution is 2.03. The van der Waals surface area contributed by atoms with E-state index in [1.807, 2.05) is 0 Å². The van der Waals surface area contributed by atoms with E-state index in [4.69, 9.17) is 16.7 Å². The Balaban J connectivity index is 2.79. The minimum atomic E-state index is -0.912. The fourth-order valence-electron chi connectivity index (χ4n) is 1.32. The lowest BCUT2D eigenvalue weighted by molar-refractivity contribution is -0.130. The standard InChI is InChI=1S/C9H6ClNO2/c10-5-1-2-6-7(9(12)13)4-11-8(6)3-5/h1-3H,4H2,(H,12,13). The van der Waals surface area contributed by atoms with E-state index in [1.54, 1.807) is 18.2 Å². The van der Waals surface area contributed by atoms with Gasteiger partial charge in [-0.2, -0.15) is 0 Å². The fourth-order valence-corrected chi connectivity index (χ4v) is 1.49. The summed E-state index contributed by atoms with van der Waals surface area (Å²) in [5.74, 6) is -0.912. The second kappa shape index (κ2) is 2.85. The van der Waals surface area contributed by atoms with E-state index in [9.17, 15) is 4.79 Å². The predicted molar refractivity (Wildman–Crippen MR) is 48.1 cm³/mol. The number of fused-ring (bicyclic) bond motifs is 1. The van der Waals surface area contributed by atoms with Crippen LogP contribution in [0.2, 0.25) is 5.02 Å². The third-order valence-electron chi connectivity index (χ3n) is 1.95. The van der Waals surface area contributed by atoms with Crippen molar-refractivity contribution in [1.82, 2.24) is 0 Å². The van der Waals surface area contributed by atoms with E-state index in [1.165, 1.54) is 0 Å². The van der Waals surface area contributed by atoms with Gasteiger partial charge in [0.05, 0.1) is 17.5 Å². The second-order valence-electron chi connectivity index (χ2n) is 2.76. The van der Waals surface area contributed by atoms with E-state index in [0.29, 0.717) is 21.2 Å². The van der Waals surface area contributed by atoms with E-state index < -0.39 is 5.97 Å². The summed E-state index contributed by atoms with van der Waals surface area (Å²) in [5, 5.41) is 10.7. The molecule has 2 rings (SSSR count). The molecule has 1 aromatic carbocycles. The third kappa shape index (κ3) is 1.31. The maximum absolute atomic E-state index is 10.7. The van der Waals surface area contributed by atoms with Gasteiger partial charge in [0.15, 0.2) is 0 Å². The first kappa shape index (κ1) is 8.26. The Morgan fingerprint density at radius 3 is 3.00 bits per heavy atom. The largest absolute Gasteiger partial charge is 0.478 e. The van der Waals surface area contributed by atoms with Crippen LogP contribution in [0.25, 0.3) is 5.57 Å². The van der Waals surface area contributed by atoms with Crippen LogP contribution in [0.1, 0.15) is 0 Å². The Morgan fingerprint density at radius 2 is 2.31 bits per heavy atom. The molecule has 0 amide bonds. The first-order valence-electron chi connectivity index (χ1n) is 3.75. The van der Waals surface area contributed by atoms with Crippen LogP contribution >= 0.6 is 11.6 Å². The number of carboxylic acid groups (broad SMARTS) is 1. The highest BCUT2D eigenvalue weighted by Gasteiger charge is 2.12. The van der Waals surface area contributed by atoms with Gasteiger partial charge in [0.1, 0.15) is 0 Å². The number of carboxylic acids is 1. The molecule has 1 aliphatic rings. The van der Waals surface area contributed by atoms with Gasteiger partial charge < -0.3 is 5.11 Å². The maximum Gasteiger partial charge on any atom is 0.334 e. The Kier molecular flexibility index (Phi) is 1.81. The summed E-state index contributed by atoms with van der Waals surface area (Å²) in [7, 11) is 0. The van der Waals surface area contributed by atoms with Crippen LogP contribution in [0.5, 0.6) is 0 Å². The van der Waals surface area contributed by atoms with Gasteiger partial charge in [-0.1, -0.05) is 17.7 Å². The lowest BCUT2D eigenvalue weighted by Gasteiger charge is -1.90. The lowest BCUT2D eigenvalue weighted by Crippen LogP contribution is -2.24. The number of nitrogens with zero attached hydrogens (tertiary/aromatic N) is 1. The van der Waals surface area contributed by atoms with Crippen LogP contribution < -0.4 is 10.6 Å². The molecule has 0 fully saturated rings. The fraction of sp³-hybridized carbons (Fsp3) is 0.111. The third-order valence-corrected chi connectivity index (χ3v) is 2.19. The molecule has 0 saturated heterocycles. The smallest absolute Gasteiger partial charge is 0.334 e. The summed E-state index contributed by atoms with van der Waals surface area (Å²) in [6.45, 7) is 0.241. The molecule has 0 unspecified atom stereocenters. The van der Waals surface area contributed by atoms with Gasteiger partial charge in [-0.25, -0.2) is 4.79 Å². The monoisotopic (exact) mass is 195 g/mol. The molecule has 4 heteroatoms. The first-order chi connectivity index (χ1) is 6.18. The predicted octanol–water partition coefficient (Wildman–Crippen LogP) is 0.208. The quantitative estimate of drug-likeness (QED) is 0.697. The highest BCUT2D eigenvalue weighted by atomic mass is 35.5. The number of carbonyl (C=O) groups is 1. The molecule has 0 saturated carbocycles. The minimum Gasteiger partial charge on any atom is -0.478 e. The number of aliphatic carboxylic acids is 1. The van der Waals surface area contributed by atoms with Crippen molar-refractivity contribution in [3.63, 3.8) is 0 Å². The van der Waals surface area contributed by atoms with Crippen molar-refractivity contribution < 1.29 is 9.90 Å². The van der Waals surface area contributed by atoms with Crippen molar-refractivity contribution in [3.8, 4) is 0 Å². The van der Waals surface area contributed by atoms with Crippen molar-refractivity contribution in [2.75, 3.05) is 6.54 Å². The summed E-state index contributed by atoms with van der Waals surface area (Å²) >= 11 is 5.73. The topological polar surface area (TPSA) is 49.7 Å².